The number of carbonyl (C=O) groups excluding carboxylic acids is 1. The fourth-order valence-electron chi connectivity index (χ4n) is 3.97. The number of methoxy groups -OCH3 is 1. The molecule has 0 bridgehead atoms. The van der Waals surface area contributed by atoms with E-state index in [-0.39, 0.29) is 19.8 Å². The lowest BCUT2D eigenvalue weighted by molar-refractivity contribution is -0.298. The average Bonchev–Trinajstić information content (AvgIpc) is 2.93. The van der Waals surface area contributed by atoms with E-state index in [0.717, 1.165) is 11.1 Å². The van der Waals surface area contributed by atoms with Gasteiger partial charge in [0.2, 0.25) is 6.29 Å². The molecule has 0 aliphatic carbocycles. The van der Waals surface area contributed by atoms with Gasteiger partial charge in [-0.1, -0.05) is 60.7 Å². The molecule has 1 heterocycles. The molecule has 4 rings (SSSR count). The predicted octanol–water partition coefficient (Wildman–Crippen LogP) is 3.10. The Hall–Kier alpha value is -3.27. The summed E-state index contributed by atoms with van der Waals surface area (Å²) in [6, 6.07) is 25.4. The Morgan fingerprint density at radius 2 is 1.39 bits per heavy atom. The maximum absolute atomic E-state index is 11.7. The third-order valence-corrected chi connectivity index (χ3v) is 5.89. The Morgan fingerprint density at radius 3 is 1.92 bits per heavy atom. The van der Waals surface area contributed by atoms with Crippen molar-refractivity contribution in [3.05, 3.63) is 102 Å². The number of rotatable bonds is 10. The van der Waals surface area contributed by atoms with Crippen LogP contribution in [0.25, 0.3) is 0 Å². The highest BCUT2D eigenvalue weighted by molar-refractivity contribution is 5.89. The van der Waals surface area contributed by atoms with Gasteiger partial charge >= 0.3 is 5.97 Å². The number of carbonyl (C=O) groups is 1. The molecule has 36 heavy (non-hydrogen) atoms. The van der Waals surface area contributed by atoms with Crippen molar-refractivity contribution in [2.45, 2.75) is 43.9 Å². The van der Waals surface area contributed by atoms with E-state index < -0.39 is 36.7 Å². The highest BCUT2D eigenvalue weighted by Gasteiger charge is 2.47. The van der Waals surface area contributed by atoms with Crippen molar-refractivity contribution in [2.75, 3.05) is 13.7 Å². The van der Waals surface area contributed by atoms with Crippen LogP contribution in [0.4, 0.5) is 0 Å². The lowest BCUT2D eigenvalue weighted by Gasteiger charge is -2.43. The average molecular weight is 495 g/mol. The Labute approximate surface area is 210 Å². The Kier molecular flexibility index (Phi) is 9.05. The van der Waals surface area contributed by atoms with Crippen molar-refractivity contribution in [3.63, 3.8) is 0 Å². The minimum absolute atomic E-state index is 0.211. The van der Waals surface area contributed by atoms with E-state index >= 15 is 0 Å². The molecule has 1 fully saturated rings. The molecular formula is C28H30O8. The van der Waals surface area contributed by atoms with E-state index in [9.17, 15) is 15.0 Å². The topological polar surface area (TPSA) is 104 Å². The number of aliphatic hydroxyl groups is 2. The minimum Gasteiger partial charge on any atom is -0.465 e. The number of benzene rings is 3. The fourth-order valence-corrected chi connectivity index (χ4v) is 3.97. The van der Waals surface area contributed by atoms with Gasteiger partial charge in [0.25, 0.3) is 0 Å². The zero-order chi connectivity index (χ0) is 25.3. The third kappa shape index (κ3) is 6.48. The van der Waals surface area contributed by atoms with Crippen LogP contribution < -0.4 is 4.74 Å². The molecule has 0 amide bonds. The molecule has 3 aromatic rings. The predicted molar refractivity (Wildman–Crippen MR) is 130 cm³/mol. The highest BCUT2D eigenvalue weighted by Crippen LogP contribution is 2.29. The molecule has 190 valence electrons. The summed E-state index contributed by atoms with van der Waals surface area (Å²) in [5.41, 5.74) is 2.21. The van der Waals surface area contributed by atoms with Crippen LogP contribution in [0.5, 0.6) is 5.75 Å². The van der Waals surface area contributed by atoms with Gasteiger partial charge in [-0.05, 0) is 35.4 Å². The molecule has 1 saturated heterocycles. The van der Waals surface area contributed by atoms with Crippen LogP contribution in [0.15, 0.2) is 84.9 Å². The van der Waals surface area contributed by atoms with E-state index in [4.69, 9.17) is 23.7 Å². The summed E-state index contributed by atoms with van der Waals surface area (Å²) in [6.07, 6.45) is -4.81. The number of hydrogen-bond donors (Lipinski definition) is 2. The van der Waals surface area contributed by atoms with Crippen LogP contribution in [0.3, 0.4) is 0 Å². The van der Waals surface area contributed by atoms with Gasteiger partial charge in [-0.3, -0.25) is 0 Å². The zero-order valence-corrected chi connectivity index (χ0v) is 19.9. The van der Waals surface area contributed by atoms with Gasteiger partial charge in [0, 0.05) is 0 Å². The Bertz CT molecular complexity index is 1070. The first-order valence-electron chi connectivity index (χ1n) is 11.7. The molecule has 3 aromatic carbocycles. The van der Waals surface area contributed by atoms with Crippen LogP contribution >= 0.6 is 0 Å². The number of ether oxygens (including phenoxy) is 5. The number of aliphatic hydroxyl groups excluding tert-OH is 2. The normalized spacial score (nSPS) is 23.7. The van der Waals surface area contributed by atoms with E-state index in [1.54, 1.807) is 24.3 Å². The second kappa shape index (κ2) is 12.6. The van der Waals surface area contributed by atoms with E-state index in [1.165, 1.54) is 7.11 Å². The molecule has 5 atom stereocenters. The molecule has 2 N–H and O–H groups in total. The van der Waals surface area contributed by atoms with Crippen molar-refractivity contribution in [1.29, 1.82) is 0 Å². The molecule has 1 aliphatic rings. The standard InChI is InChI=1S/C28H30O8/c1-32-27(31)21-12-14-22(15-13-21)35-28-26(34-18-20-10-6-3-7-11-20)24(30)25(23(16-29)36-28)33-17-19-8-4-2-5-9-19/h2-15,23-26,28-30H,16-18H2,1H3/t23-,24+,25-,26+,28+/m1/s1. The van der Waals surface area contributed by atoms with Crippen molar-refractivity contribution < 1.29 is 38.7 Å². The smallest absolute Gasteiger partial charge is 0.337 e. The maximum atomic E-state index is 11.7. The van der Waals surface area contributed by atoms with Gasteiger partial charge in [-0.2, -0.15) is 0 Å². The van der Waals surface area contributed by atoms with E-state index in [2.05, 4.69) is 0 Å². The quantitative estimate of drug-likeness (QED) is 0.415. The molecule has 1 aliphatic heterocycles. The van der Waals surface area contributed by atoms with Gasteiger partial charge in [-0.25, -0.2) is 4.79 Å². The number of esters is 1. The minimum atomic E-state index is -1.15. The monoisotopic (exact) mass is 494 g/mol. The summed E-state index contributed by atoms with van der Waals surface area (Å²) < 4.78 is 28.9. The van der Waals surface area contributed by atoms with Gasteiger partial charge in [0.15, 0.2) is 0 Å². The van der Waals surface area contributed by atoms with Crippen molar-refractivity contribution >= 4 is 5.97 Å². The molecule has 0 radical (unpaired) electrons. The van der Waals surface area contributed by atoms with Gasteiger partial charge < -0.3 is 33.9 Å². The lowest BCUT2D eigenvalue weighted by atomic mass is 9.98. The molecule has 0 unspecified atom stereocenters. The second-order valence-corrected chi connectivity index (χ2v) is 8.37. The Balaban J connectivity index is 1.52. The van der Waals surface area contributed by atoms with Crippen LogP contribution in [0.2, 0.25) is 0 Å². The maximum Gasteiger partial charge on any atom is 0.337 e. The first kappa shape index (κ1) is 25.8. The van der Waals surface area contributed by atoms with Crippen molar-refractivity contribution in [2.24, 2.45) is 0 Å². The summed E-state index contributed by atoms with van der Waals surface area (Å²) >= 11 is 0. The van der Waals surface area contributed by atoms with Gasteiger partial charge in [0.1, 0.15) is 30.2 Å². The largest absolute Gasteiger partial charge is 0.465 e. The van der Waals surface area contributed by atoms with Gasteiger partial charge in [-0.15, -0.1) is 0 Å². The first-order valence-corrected chi connectivity index (χ1v) is 11.7. The summed E-state index contributed by atoms with van der Waals surface area (Å²) in [5, 5.41) is 21.3. The summed E-state index contributed by atoms with van der Waals surface area (Å²) in [7, 11) is 1.31. The summed E-state index contributed by atoms with van der Waals surface area (Å²) in [6.45, 7) is 0.0552. The summed E-state index contributed by atoms with van der Waals surface area (Å²) in [4.78, 5) is 11.7. The first-order chi connectivity index (χ1) is 17.6. The lowest BCUT2D eigenvalue weighted by Crippen LogP contribution is -2.61. The van der Waals surface area contributed by atoms with Crippen LogP contribution in [-0.4, -0.2) is 60.6 Å². The molecule has 0 aromatic heterocycles. The number of hydrogen-bond acceptors (Lipinski definition) is 8. The zero-order valence-electron chi connectivity index (χ0n) is 19.9. The molecule has 8 nitrogen and oxygen atoms in total. The van der Waals surface area contributed by atoms with Crippen molar-refractivity contribution in [1.82, 2.24) is 0 Å². The fraction of sp³-hybridized carbons (Fsp3) is 0.321. The highest BCUT2D eigenvalue weighted by atomic mass is 16.7. The summed E-state index contributed by atoms with van der Waals surface area (Å²) in [5.74, 6) is -0.0674. The van der Waals surface area contributed by atoms with Crippen LogP contribution in [0, 0.1) is 0 Å². The Morgan fingerprint density at radius 1 is 0.833 bits per heavy atom. The van der Waals surface area contributed by atoms with Crippen LogP contribution in [0.1, 0.15) is 21.5 Å². The molecular weight excluding hydrogens is 464 g/mol. The second-order valence-electron chi connectivity index (χ2n) is 8.37. The van der Waals surface area contributed by atoms with E-state index in [1.807, 2.05) is 60.7 Å². The molecule has 0 saturated carbocycles. The SMILES string of the molecule is COC(=O)c1ccc(O[C@H]2O[C@H](CO)[C@@H](OCc3ccccc3)[C@H](O)[C@@H]2OCc2ccccc2)cc1. The molecule has 8 heteroatoms. The molecule has 0 spiro atoms. The van der Waals surface area contributed by atoms with Crippen LogP contribution in [-0.2, 0) is 32.2 Å². The van der Waals surface area contributed by atoms with Gasteiger partial charge in [0.05, 0.1) is 32.5 Å². The third-order valence-electron chi connectivity index (χ3n) is 5.89. The van der Waals surface area contributed by atoms with E-state index in [0.29, 0.717) is 11.3 Å². The van der Waals surface area contributed by atoms with Crippen molar-refractivity contribution in [3.8, 4) is 5.75 Å².